The number of allylic oxidation sites excluding steroid dienone is 2. The van der Waals surface area contributed by atoms with Crippen LogP contribution >= 0.6 is 11.3 Å². The Kier molecular flexibility index (Phi) is 5.57. The van der Waals surface area contributed by atoms with E-state index in [2.05, 4.69) is 19.4 Å². The van der Waals surface area contributed by atoms with Crippen molar-refractivity contribution in [1.82, 2.24) is 9.97 Å². The van der Waals surface area contributed by atoms with E-state index in [0.29, 0.717) is 0 Å². The maximum atomic E-state index is 12.8. The number of alkyl halides is 6. The maximum absolute atomic E-state index is 12.8. The summed E-state index contributed by atoms with van der Waals surface area (Å²) in [6.45, 7) is 0. The van der Waals surface area contributed by atoms with Gasteiger partial charge in [-0.1, -0.05) is 0 Å². The van der Waals surface area contributed by atoms with Crippen LogP contribution in [0.1, 0.15) is 20.9 Å². The smallest absolute Gasteiger partial charge is 0.404 e. The largest absolute Gasteiger partial charge is 0.573 e. The second-order valence-corrected chi connectivity index (χ2v) is 8.71. The molecule has 39 heavy (non-hydrogen) atoms. The van der Waals surface area contributed by atoms with Crippen LogP contribution < -0.4 is 9.47 Å². The fraction of sp³-hybridized carbons (Fsp3) is 0.0833. The first-order valence-electron chi connectivity index (χ1n) is 10.2. The summed E-state index contributed by atoms with van der Waals surface area (Å²) in [6, 6.07) is 8.67. The lowest BCUT2D eigenvalue weighted by Gasteiger charge is -2.11. The van der Waals surface area contributed by atoms with Gasteiger partial charge >= 0.3 is 12.7 Å². The summed E-state index contributed by atoms with van der Waals surface area (Å²) in [4.78, 5) is 8.55. The van der Waals surface area contributed by atoms with Crippen LogP contribution in [0.15, 0.2) is 35.7 Å². The molecular weight excluding hydrogens is 550 g/mol. The SMILES string of the molecule is N#CC(C#N)=C1c2cc(OC(F)(F)F)cnc2-c2c1sc1c2-c2ncc(OC(F)(F)F)cc2C1=C(C#N)C#N. The number of ether oxygens (including phenoxy) is 2. The molecule has 5 rings (SSSR count). The van der Waals surface area contributed by atoms with Gasteiger partial charge in [-0.15, -0.1) is 37.7 Å². The lowest BCUT2D eigenvalue weighted by molar-refractivity contribution is -0.275. The lowest BCUT2D eigenvalue weighted by Crippen LogP contribution is -2.17. The van der Waals surface area contributed by atoms with Gasteiger partial charge in [-0.25, -0.2) is 0 Å². The third-order valence-corrected chi connectivity index (χ3v) is 6.74. The van der Waals surface area contributed by atoms with Gasteiger partial charge < -0.3 is 9.47 Å². The number of hydrogen-bond donors (Lipinski definition) is 0. The predicted molar refractivity (Wildman–Crippen MR) is 119 cm³/mol. The van der Waals surface area contributed by atoms with Gasteiger partial charge in [0, 0.05) is 43.2 Å². The molecule has 0 radical (unpaired) electrons. The molecule has 0 unspecified atom stereocenters. The molecule has 0 aromatic carbocycles. The Labute approximate surface area is 217 Å². The molecule has 0 saturated carbocycles. The highest BCUT2D eigenvalue weighted by molar-refractivity contribution is 7.16. The van der Waals surface area contributed by atoms with Gasteiger partial charge in [0.1, 0.15) is 46.9 Å². The van der Waals surface area contributed by atoms with Gasteiger partial charge in [-0.05, 0) is 12.1 Å². The van der Waals surface area contributed by atoms with E-state index in [4.69, 9.17) is 0 Å². The third kappa shape index (κ3) is 4.08. The highest BCUT2D eigenvalue weighted by atomic mass is 32.1. The van der Waals surface area contributed by atoms with Crippen molar-refractivity contribution in [3.63, 3.8) is 0 Å². The van der Waals surface area contributed by atoms with Crippen molar-refractivity contribution in [3.8, 4) is 58.3 Å². The number of thiophene rings is 1. The quantitative estimate of drug-likeness (QED) is 0.191. The van der Waals surface area contributed by atoms with Crippen molar-refractivity contribution < 1.29 is 35.8 Å². The number of hydrogen-bond acceptors (Lipinski definition) is 9. The zero-order valence-electron chi connectivity index (χ0n) is 18.5. The molecule has 0 bridgehead atoms. The van der Waals surface area contributed by atoms with Gasteiger partial charge in [-0.3, -0.25) is 9.97 Å². The molecule has 3 aromatic heterocycles. The topological polar surface area (TPSA) is 139 Å². The minimum absolute atomic E-state index is 0.0318. The normalized spacial score (nSPS) is 12.7. The van der Waals surface area contributed by atoms with E-state index in [1.54, 1.807) is 24.3 Å². The van der Waals surface area contributed by atoms with E-state index in [1.807, 2.05) is 0 Å². The Bertz CT molecular complexity index is 1680. The monoisotopic (exact) mass is 554 g/mol. The maximum Gasteiger partial charge on any atom is 0.573 e. The molecule has 0 saturated heterocycles. The highest BCUT2D eigenvalue weighted by Gasteiger charge is 2.42. The summed E-state index contributed by atoms with van der Waals surface area (Å²) in [5.41, 5.74) is -0.605. The van der Waals surface area contributed by atoms with E-state index in [1.165, 1.54) is 0 Å². The van der Waals surface area contributed by atoms with Gasteiger partial charge in [-0.2, -0.15) is 21.0 Å². The number of nitriles is 4. The Morgan fingerprint density at radius 3 is 1.33 bits per heavy atom. The Morgan fingerprint density at radius 1 is 0.667 bits per heavy atom. The van der Waals surface area contributed by atoms with Crippen LogP contribution in [0.4, 0.5) is 26.3 Å². The van der Waals surface area contributed by atoms with E-state index in [0.717, 1.165) is 35.9 Å². The first-order valence-corrected chi connectivity index (χ1v) is 11.0. The molecule has 3 heterocycles. The summed E-state index contributed by atoms with van der Waals surface area (Å²) in [5, 5.41) is 38.3. The second kappa shape index (κ2) is 8.59. The molecule has 0 atom stereocenters. The minimum Gasteiger partial charge on any atom is -0.404 e. The first-order chi connectivity index (χ1) is 18.4. The minimum atomic E-state index is -5.05. The van der Waals surface area contributed by atoms with Crippen LogP contribution in [-0.2, 0) is 0 Å². The van der Waals surface area contributed by atoms with Gasteiger partial charge in [0.05, 0.1) is 23.8 Å². The number of rotatable bonds is 2. The van der Waals surface area contributed by atoms with Crippen molar-refractivity contribution in [1.29, 1.82) is 21.0 Å². The average molecular weight is 554 g/mol. The van der Waals surface area contributed by atoms with Crippen molar-refractivity contribution >= 4 is 22.5 Å². The molecule has 8 nitrogen and oxygen atoms in total. The lowest BCUT2D eigenvalue weighted by atomic mass is 10.0. The van der Waals surface area contributed by atoms with Crippen LogP contribution in [0, 0.1) is 45.3 Å². The van der Waals surface area contributed by atoms with E-state index < -0.39 is 35.4 Å². The molecular formula is C24H4F6N6O2S. The molecule has 190 valence electrons. The molecule has 0 amide bonds. The summed E-state index contributed by atoms with van der Waals surface area (Å²) in [6.07, 6.45) is -8.56. The fourth-order valence-corrected chi connectivity index (χ4v) is 5.73. The number of pyridine rings is 2. The molecule has 0 aliphatic heterocycles. The Hall–Kier alpha value is -5.38. The number of halogens is 6. The molecule has 2 aliphatic carbocycles. The second-order valence-electron chi connectivity index (χ2n) is 7.69. The first kappa shape index (κ1) is 25.3. The van der Waals surface area contributed by atoms with Crippen LogP contribution in [0.25, 0.3) is 33.7 Å². The van der Waals surface area contributed by atoms with E-state index >= 15 is 0 Å². The van der Waals surface area contributed by atoms with E-state index in [-0.39, 0.29) is 54.5 Å². The summed E-state index contributed by atoms with van der Waals surface area (Å²) in [5.74, 6) is -1.44. The fourth-order valence-electron chi connectivity index (χ4n) is 4.30. The molecule has 15 heteroatoms. The van der Waals surface area contributed by atoms with Gasteiger partial charge in [0.2, 0.25) is 0 Å². The predicted octanol–water partition coefficient (Wildman–Crippen LogP) is 5.99. The molecule has 3 aromatic rings. The Balaban J connectivity index is 1.84. The van der Waals surface area contributed by atoms with Crippen molar-refractivity contribution in [2.45, 2.75) is 12.7 Å². The molecule has 0 N–H and O–H groups in total. The van der Waals surface area contributed by atoms with Gasteiger partial charge in [0.25, 0.3) is 0 Å². The van der Waals surface area contributed by atoms with Crippen LogP contribution in [0.2, 0.25) is 0 Å². The van der Waals surface area contributed by atoms with E-state index in [9.17, 15) is 47.4 Å². The zero-order valence-corrected chi connectivity index (χ0v) is 19.3. The third-order valence-electron chi connectivity index (χ3n) is 5.51. The van der Waals surface area contributed by atoms with Crippen molar-refractivity contribution in [3.05, 3.63) is 56.6 Å². The van der Waals surface area contributed by atoms with Crippen LogP contribution in [-0.4, -0.2) is 22.7 Å². The summed E-state index contributed by atoms with van der Waals surface area (Å²) < 4.78 is 84.9. The Morgan fingerprint density at radius 2 is 1.03 bits per heavy atom. The average Bonchev–Trinajstić information content (AvgIpc) is 3.46. The number of fused-ring (bicyclic) bond motifs is 7. The van der Waals surface area contributed by atoms with Crippen molar-refractivity contribution in [2.75, 3.05) is 0 Å². The molecule has 2 aliphatic rings. The van der Waals surface area contributed by atoms with Gasteiger partial charge in [0.15, 0.2) is 0 Å². The zero-order chi connectivity index (χ0) is 28.3. The standard InChI is InChI=1S/C24H4F6N6O2S/c25-23(26,27)37-11-1-13-15(9(3-31)4-32)21-17(19(13)35-7-11)18-20-14(2-12(8-36-20)38-24(28,29)30)16(22(18)39-21)10(5-33)6-34/h1-2,7-8H. The highest BCUT2D eigenvalue weighted by Crippen LogP contribution is 2.60. The number of aromatic nitrogens is 2. The summed E-state index contributed by atoms with van der Waals surface area (Å²) in [7, 11) is 0. The van der Waals surface area contributed by atoms with Crippen molar-refractivity contribution in [2.24, 2.45) is 0 Å². The van der Waals surface area contributed by atoms with Crippen LogP contribution in [0.5, 0.6) is 11.5 Å². The number of nitrogens with zero attached hydrogens (tertiary/aromatic N) is 6. The van der Waals surface area contributed by atoms with Crippen LogP contribution in [0.3, 0.4) is 0 Å². The summed E-state index contributed by atoms with van der Waals surface area (Å²) >= 11 is 0.870. The molecule has 0 spiro atoms. The molecule has 0 fully saturated rings.